The van der Waals surface area contributed by atoms with Gasteiger partial charge in [-0.05, 0) is 72.7 Å². The van der Waals surface area contributed by atoms with Crippen molar-refractivity contribution >= 4 is 28.5 Å². The van der Waals surface area contributed by atoms with Gasteiger partial charge in [-0.3, -0.25) is 4.79 Å². The molecule has 1 unspecified atom stereocenters. The van der Waals surface area contributed by atoms with E-state index in [-0.39, 0.29) is 11.9 Å². The zero-order valence-corrected chi connectivity index (χ0v) is 18.2. The van der Waals surface area contributed by atoms with Crippen LogP contribution in [0.2, 0.25) is 0 Å². The third kappa shape index (κ3) is 11.9. The van der Waals surface area contributed by atoms with E-state index in [1.165, 1.54) is 57.8 Å². The highest BCUT2D eigenvalue weighted by atomic mass is 127. The minimum atomic E-state index is -0.0138. The lowest BCUT2D eigenvalue weighted by atomic mass is 10.0. The Hall–Kier alpha value is -0.660. The molecule has 1 rings (SSSR count). The van der Waals surface area contributed by atoms with Crippen LogP contribution in [0, 0.1) is 3.57 Å². The second-order valence-corrected chi connectivity index (χ2v) is 8.32. The van der Waals surface area contributed by atoms with Crippen molar-refractivity contribution < 1.29 is 4.79 Å². The number of nitrogens with two attached hydrogens (primary N) is 2. The Balaban J connectivity index is 1.94. The molecular formula is C21H36IN3O. The van der Waals surface area contributed by atoms with Crippen molar-refractivity contribution in [1.29, 1.82) is 0 Å². The van der Waals surface area contributed by atoms with Crippen molar-refractivity contribution in [2.75, 3.05) is 13.1 Å². The van der Waals surface area contributed by atoms with E-state index >= 15 is 0 Å². The highest BCUT2D eigenvalue weighted by Gasteiger charge is 2.07. The van der Waals surface area contributed by atoms with E-state index < -0.39 is 0 Å². The molecule has 26 heavy (non-hydrogen) atoms. The Morgan fingerprint density at radius 3 is 2.00 bits per heavy atom. The van der Waals surface area contributed by atoms with Gasteiger partial charge in [0.25, 0.3) is 5.91 Å². The maximum Gasteiger partial charge on any atom is 0.251 e. The summed E-state index contributed by atoms with van der Waals surface area (Å²) in [6.07, 6.45) is 13.5. The zero-order valence-electron chi connectivity index (χ0n) is 16.0. The molecule has 0 aliphatic rings. The molecule has 1 aromatic rings. The maximum absolute atomic E-state index is 12.0. The molecule has 0 aliphatic carbocycles. The van der Waals surface area contributed by atoms with Gasteiger partial charge in [-0.1, -0.05) is 51.4 Å². The average molecular weight is 473 g/mol. The first-order chi connectivity index (χ1) is 12.6. The molecule has 0 saturated carbocycles. The Morgan fingerprint density at radius 1 is 0.885 bits per heavy atom. The number of halogens is 1. The normalized spacial score (nSPS) is 12.1. The summed E-state index contributed by atoms with van der Waals surface area (Å²) in [6.45, 7) is 1.48. The molecule has 1 amide bonds. The van der Waals surface area contributed by atoms with Gasteiger partial charge in [-0.2, -0.15) is 0 Å². The van der Waals surface area contributed by atoms with Crippen molar-refractivity contribution in [3.63, 3.8) is 0 Å². The van der Waals surface area contributed by atoms with Gasteiger partial charge in [0.2, 0.25) is 0 Å². The van der Waals surface area contributed by atoms with Crippen LogP contribution in [0.5, 0.6) is 0 Å². The number of carbonyl (C=O) groups excluding carboxylic acids is 1. The summed E-state index contributed by atoms with van der Waals surface area (Å²) in [6, 6.07) is 7.79. The van der Waals surface area contributed by atoms with Crippen LogP contribution in [0.25, 0.3) is 0 Å². The minimum absolute atomic E-state index is 0.0138. The second kappa shape index (κ2) is 15.4. The van der Waals surface area contributed by atoms with Gasteiger partial charge in [-0.15, -0.1) is 0 Å². The fourth-order valence-electron chi connectivity index (χ4n) is 3.01. The van der Waals surface area contributed by atoms with Crippen LogP contribution in [-0.2, 0) is 0 Å². The van der Waals surface area contributed by atoms with Crippen molar-refractivity contribution in [3.8, 4) is 0 Å². The monoisotopic (exact) mass is 473 g/mol. The summed E-state index contributed by atoms with van der Waals surface area (Å²) >= 11 is 2.23. The molecular weight excluding hydrogens is 437 g/mol. The number of amides is 1. The van der Waals surface area contributed by atoms with Crippen molar-refractivity contribution in [3.05, 3.63) is 33.4 Å². The first-order valence-corrected chi connectivity index (χ1v) is 11.2. The largest absolute Gasteiger partial charge is 0.352 e. The van der Waals surface area contributed by atoms with E-state index in [1.807, 2.05) is 24.3 Å². The lowest BCUT2D eigenvalue weighted by Crippen LogP contribution is -2.30. The maximum atomic E-state index is 12.0. The number of hydrogen-bond acceptors (Lipinski definition) is 3. The first kappa shape index (κ1) is 23.4. The molecule has 0 aliphatic heterocycles. The molecule has 0 spiro atoms. The van der Waals surface area contributed by atoms with Gasteiger partial charge < -0.3 is 16.8 Å². The Morgan fingerprint density at radius 2 is 1.42 bits per heavy atom. The quantitative estimate of drug-likeness (QED) is 0.257. The molecule has 148 valence electrons. The SMILES string of the molecule is NCCCCCCCCCCCC(N)CCNC(=O)c1ccc(I)cc1. The van der Waals surface area contributed by atoms with Gasteiger partial charge in [0.1, 0.15) is 0 Å². The summed E-state index contributed by atoms with van der Waals surface area (Å²) in [7, 11) is 0. The first-order valence-electron chi connectivity index (χ1n) is 10.1. The fourth-order valence-corrected chi connectivity index (χ4v) is 3.37. The topological polar surface area (TPSA) is 81.1 Å². The van der Waals surface area contributed by atoms with Crippen molar-refractivity contribution in [2.24, 2.45) is 11.5 Å². The van der Waals surface area contributed by atoms with Crippen LogP contribution in [0.1, 0.15) is 81.0 Å². The van der Waals surface area contributed by atoms with Crippen LogP contribution in [0.15, 0.2) is 24.3 Å². The van der Waals surface area contributed by atoms with Crippen LogP contribution >= 0.6 is 22.6 Å². The molecule has 0 aromatic heterocycles. The van der Waals surface area contributed by atoms with E-state index in [1.54, 1.807) is 0 Å². The summed E-state index contributed by atoms with van der Waals surface area (Å²) in [5, 5.41) is 2.96. The third-order valence-electron chi connectivity index (χ3n) is 4.69. The van der Waals surface area contributed by atoms with Crippen LogP contribution in [0.3, 0.4) is 0 Å². The smallest absolute Gasteiger partial charge is 0.251 e. The molecule has 0 radical (unpaired) electrons. The summed E-state index contributed by atoms with van der Waals surface area (Å²) in [5.41, 5.74) is 12.4. The van der Waals surface area contributed by atoms with Gasteiger partial charge in [0, 0.05) is 21.7 Å². The number of carbonyl (C=O) groups is 1. The van der Waals surface area contributed by atoms with Gasteiger partial charge in [0.05, 0.1) is 0 Å². The number of hydrogen-bond donors (Lipinski definition) is 3. The summed E-state index contributed by atoms with van der Waals surface area (Å²) in [4.78, 5) is 12.0. The van der Waals surface area contributed by atoms with Crippen LogP contribution in [0.4, 0.5) is 0 Å². The zero-order chi connectivity index (χ0) is 19.0. The van der Waals surface area contributed by atoms with Gasteiger partial charge >= 0.3 is 0 Å². The Bertz CT molecular complexity index is 479. The molecule has 0 heterocycles. The Labute approximate surface area is 173 Å². The van der Waals surface area contributed by atoms with Crippen molar-refractivity contribution in [2.45, 2.75) is 76.7 Å². The van der Waals surface area contributed by atoms with Gasteiger partial charge in [-0.25, -0.2) is 0 Å². The summed E-state index contributed by atoms with van der Waals surface area (Å²) in [5.74, 6) is -0.0138. The van der Waals surface area contributed by atoms with E-state index in [0.29, 0.717) is 12.1 Å². The molecule has 0 bridgehead atoms. The molecule has 1 aromatic carbocycles. The number of benzene rings is 1. The van der Waals surface area contributed by atoms with E-state index in [9.17, 15) is 4.79 Å². The second-order valence-electron chi connectivity index (χ2n) is 7.07. The molecule has 5 heteroatoms. The van der Waals surface area contributed by atoms with E-state index in [0.717, 1.165) is 23.0 Å². The van der Waals surface area contributed by atoms with E-state index in [4.69, 9.17) is 11.5 Å². The number of rotatable bonds is 15. The highest BCUT2D eigenvalue weighted by molar-refractivity contribution is 14.1. The average Bonchev–Trinajstić information content (AvgIpc) is 2.63. The summed E-state index contributed by atoms with van der Waals surface area (Å²) < 4.78 is 1.13. The van der Waals surface area contributed by atoms with Crippen molar-refractivity contribution in [1.82, 2.24) is 5.32 Å². The molecule has 4 nitrogen and oxygen atoms in total. The molecule has 5 N–H and O–H groups in total. The van der Waals surface area contributed by atoms with Crippen LogP contribution in [-0.4, -0.2) is 25.0 Å². The molecule has 0 saturated heterocycles. The fraction of sp³-hybridized carbons (Fsp3) is 0.667. The van der Waals surface area contributed by atoms with Gasteiger partial charge in [0.15, 0.2) is 0 Å². The molecule has 1 atom stereocenters. The van der Waals surface area contributed by atoms with E-state index in [2.05, 4.69) is 27.9 Å². The third-order valence-corrected chi connectivity index (χ3v) is 5.41. The predicted octanol–water partition coefficient (Wildman–Crippen LogP) is 4.60. The highest BCUT2D eigenvalue weighted by Crippen LogP contribution is 2.11. The number of unbranched alkanes of at least 4 members (excludes halogenated alkanes) is 8. The number of nitrogens with one attached hydrogen (secondary N) is 1. The minimum Gasteiger partial charge on any atom is -0.352 e. The molecule has 0 fully saturated rings. The standard InChI is InChI=1S/C21H36IN3O/c22-19-13-11-18(12-14-19)21(26)25-17-15-20(24)10-8-6-4-2-1-3-5-7-9-16-23/h11-14,20H,1-10,15-17,23-24H2,(H,25,26). The van der Waals surface area contributed by atoms with Crippen LogP contribution < -0.4 is 16.8 Å². The Kier molecular flexibility index (Phi) is 13.9. The lowest BCUT2D eigenvalue weighted by molar-refractivity contribution is 0.0952. The lowest BCUT2D eigenvalue weighted by Gasteiger charge is -2.12. The predicted molar refractivity (Wildman–Crippen MR) is 119 cm³/mol.